The van der Waals surface area contributed by atoms with Gasteiger partial charge >= 0.3 is 0 Å². The van der Waals surface area contributed by atoms with Crippen molar-refractivity contribution in [1.82, 2.24) is 9.69 Å². The van der Waals surface area contributed by atoms with Crippen molar-refractivity contribution in [2.24, 2.45) is 0 Å². The molecule has 1 aromatic heterocycles. The topological polar surface area (TPSA) is 91.5 Å². The summed E-state index contributed by atoms with van der Waals surface area (Å²) < 4.78 is 4.03. The van der Waals surface area contributed by atoms with Gasteiger partial charge in [-0.05, 0) is 39.2 Å². The third-order valence-electron chi connectivity index (χ3n) is 2.32. The van der Waals surface area contributed by atoms with Crippen LogP contribution in [0.2, 0.25) is 0 Å². The highest BCUT2D eigenvalue weighted by atomic mass is 32.1. The van der Waals surface area contributed by atoms with E-state index in [0.717, 1.165) is 11.5 Å². The zero-order valence-electron chi connectivity index (χ0n) is 12.0. The minimum atomic E-state index is -0.862. The fourth-order valence-electron chi connectivity index (χ4n) is 1.75. The average Bonchev–Trinajstić information content (AvgIpc) is 2.56. The van der Waals surface area contributed by atoms with E-state index in [1.807, 2.05) is 13.8 Å². The van der Waals surface area contributed by atoms with Gasteiger partial charge in [0.2, 0.25) is 0 Å². The second kappa shape index (κ2) is 5.75. The number of hydrogen-bond donors (Lipinski definition) is 3. The van der Waals surface area contributed by atoms with Gasteiger partial charge in [-0.15, -0.1) is 0 Å². The summed E-state index contributed by atoms with van der Waals surface area (Å²) in [5, 5.41) is 13.3. The van der Waals surface area contributed by atoms with E-state index >= 15 is 0 Å². The highest BCUT2D eigenvalue weighted by Crippen LogP contribution is 2.30. The molecule has 19 heavy (non-hydrogen) atoms. The fourth-order valence-corrected chi connectivity index (χ4v) is 2.52. The van der Waals surface area contributed by atoms with Crippen LogP contribution in [0.15, 0.2) is 0 Å². The average molecular weight is 286 g/mol. The molecule has 0 atom stereocenters. The maximum absolute atomic E-state index is 12.1. The minimum Gasteiger partial charge on any atom is -0.389 e. The van der Waals surface area contributed by atoms with Crippen LogP contribution in [0.4, 0.5) is 10.8 Å². The molecule has 1 rings (SSSR count). The van der Waals surface area contributed by atoms with Crippen molar-refractivity contribution in [2.75, 3.05) is 24.2 Å². The molecule has 0 aliphatic heterocycles. The van der Waals surface area contributed by atoms with Gasteiger partial charge in [-0.25, -0.2) is 0 Å². The van der Waals surface area contributed by atoms with Gasteiger partial charge in [0.1, 0.15) is 10.6 Å². The minimum absolute atomic E-state index is 0.0271. The van der Waals surface area contributed by atoms with Crippen LogP contribution in [0.3, 0.4) is 0 Å². The van der Waals surface area contributed by atoms with Crippen LogP contribution in [-0.4, -0.2) is 40.6 Å². The van der Waals surface area contributed by atoms with E-state index in [2.05, 4.69) is 9.69 Å². The quantitative estimate of drug-likeness (QED) is 0.753. The molecule has 1 aromatic rings. The first-order valence-electron chi connectivity index (χ1n) is 6.11. The number of aliphatic hydroxyl groups is 1. The van der Waals surface area contributed by atoms with Crippen LogP contribution in [0.1, 0.15) is 38.1 Å². The Hall–Kier alpha value is -1.34. The first-order chi connectivity index (χ1) is 8.61. The Kier molecular flexibility index (Phi) is 4.75. The Morgan fingerprint density at radius 2 is 2.16 bits per heavy atom. The number of nitrogens with one attached hydrogen (secondary N) is 1. The van der Waals surface area contributed by atoms with E-state index in [1.54, 1.807) is 25.8 Å². The molecular weight excluding hydrogens is 264 g/mol. The van der Waals surface area contributed by atoms with E-state index in [9.17, 15) is 9.90 Å². The number of carbonyl (C=O) groups excluding carboxylic acids is 1. The molecule has 0 spiro atoms. The zero-order valence-corrected chi connectivity index (χ0v) is 12.8. The lowest BCUT2D eigenvalue weighted by Crippen LogP contribution is -2.37. The lowest BCUT2D eigenvalue weighted by molar-refractivity contribution is 0.0880. The number of anilines is 2. The Labute approximate surface area is 117 Å². The summed E-state index contributed by atoms with van der Waals surface area (Å²) in [7, 11) is 1.80. The van der Waals surface area contributed by atoms with Gasteiger partial charge in [0.05, 0.1) is 5.60 Å². The van der Waals surface area contributed by atoms with Crippen molar-refractivity contribution < 1.29 is 9.90 Å². The number of nitrogens with two attached hydrogens (primary N) is 1. The zero-order chi connectivity index (χ0) is 14.8. The molecule has 0 unspecified atom stereocenters. The highest BCUT2D eigenvalue weighted by Gasteiger charge is 2.25. The van der Waals surface area contributed by atoms with Crippen molar-refractivity contribution in [3.63, 3.8) is 0 Å². The third kappa shape index (κ3) is 4.36. The second-order valence-electron chi connectivity index (χ2n) is 5.54. The Morgan fingerprint density at radius 3 is 2.63 bits per heavy atom. The Bertz CT molecular complexity index is 451. The number of amides is 1. The third-order valence-corrected chi connectivity index (χ3v) is 3.29. The van der Waals surface area contributed by atoms with Gasteiger partial charge in [-0.3, -0.25) is 4.79 Å². The maximum atomic E-state index is 12.1. The van der Waals surface area contributed by atoms with Crippen LogP contribution in [0.25, 0.3) is 0 Å². The molecule has 4 N–H and O–H groups in total. The summed E-state index contributed by atoms with van der Waals surface area (Å²) in [4.78, 5) is 13.9. The van der Waals surface area contributed by atoms with Crippen molar-refractivity contribution >= 4 is 28.3 Å². The molecule has 1 amide bonds. The highest BCUT2D eigenvalue weighted by molar-refractivity contribution is 7.11. The molecule has 0 saturated carbocycles. The number of rotatable bonds is 5. The number of likely N-dealkylation sites (N-methyl/N-ethyl adjacent to an activating group) is 1. The largest absolute Gasteiger partial charge is 0.389 e. The van der Waals surface area contributed by atoms with E-state index in [1.165, 1.54) is 0 Å². The molecule has 0 aliphatic rings. The van der Waals surface area contributed by atoms with Crippen LogP contribution in [0.5, 0.6) is 0 Å². The Morgan fingerprint density at radius 1 is 1.58 bits per heavy atom. The lowest BCUT2D eigenvalue weighted by Gasteiger charge is -2.26. The normalized spacial score (nSPS) is 11.7. The molecule has 0 aromatic carbocycles. The monoisotopic (exact) mass is 286 g/mol. The van der Waals surface area contributed by atoms with Gasteiger partial charge in [0.15, 0.2) is 5.82 Å². The summed E-state index contributed by atoms with van der Waals surface area (Å²) >= 11 is 1.16. The summed E-state index contributed by atoms with van der Waals surface area (Å²) in [6.45, 7) is 7.57. The van der Waals surface area contributed by atoms with Crippen LogP contribution in [0, 0.1) is 0 Å². The van der Waals surface area contributed by atoms with Crippen molar-refractivity contribution in [3.8, 4) is 0 Å². The smallest absolute Gasteiger partial charge is 0.258 e. The Balaban J connectivity index is 3.00. The number of aromatic nitrogens is 1. The first-order valence-corrected chi connectivity index (χ1v) is 6.88. The summed E-state index contributed by atoms with van der Waals surface area (Å²) in [5.41, 5.74) is 5.29. The van der Waals surface area contributed by atoms with Gasteiger partial charge in [0, 0.05) is 19.6 Å². The molecule has 6 nitrogen and oxygen atoms in total. The summed E-state index contributed by atoms with van der Waals surface area (Å²) in [6, 6.07) is 0.0271. The van der Waals surface area contributed by atoms with Gasteiger partial charge in [-0.1, -0.05) is 0 Å². The van der Waals surface area contributed by atoms with Crippen LogP contribution >= 0.6 is 11.5 Å². The molecule has 108 valence electrons. The van der Waals surface area contributed by atoms with Crippen LogP contribution < -0.4 is 16.0 Å². The second-order valence-corrected chi connectivity index (χ2v) is 6.30. The summed E-state index contributed by atoms with van der Waals surface area (Å²) in [5.74, 6) is -0.0143. The van der Waals surface area contributed by atoms with Gasteiger partial charge in [0.25, 0.3) is 5.91 Å². The van der Waals surface area contributed by atoms with E-state index < -0.39 is 5.60 Å². The predicted molar refractivity (Wildman–Crippen MR) is 78.7 cm³/mol. The molecular formula is C12H22N4O2S. The van der Waals surface area contributed by atoms with Crippen LogP contribution in [-0.2, 0) is 0 Å². The number of nitrogens with zero attached hydrogens (tertiary/aromatic N) is 2. The SMILES string of the molecule is CC(C)NC(=O)c1c(N)nsc1N(C)CC(C)(C)O. The van der Waals surface area contributed by atoms with Crippen molar-refractivity contribution in [2.45, 2.75) is 39.3 Å². The predicted octanol–water partition coefficient (Wildman–Crippen LogP) is 1.07. The van der Waals surface area contributed by atoms with Crippen molar-refractivity contribution in [1.29, 1.82) is 0 Å². The molecule has 7 heteroatoms. The van der Waals surface area contributed by atoms with Gasteiger partial charge in [-0.2, -0.15) is 4.37 Å². The molecule has 1 heterocycles. The first kappa shape index (κ1) is 15.7. The maximum Gasteiger partial charge on any atom is 0.258 e. The summed E-state index contributed by atoms with van der Waals surface area (Å²) in [6.07, 6.45) is 0. The molecule has 0 saturated heterocycles. The molecule has 0 radical (unpaired) electrons. The number of nitrogen functional groups attached to an aromatic ring is 1. The number of hydrogen-bond acceptors (Lipinski definition) is 6. The van der Waals surface area contributed by atoms with Gasteiger partial charge < -0.3 is 21.1 Å². The molecule has 0 bridgehead atoms. The van der Waals surface area contributed by atoms with E-state index in [-0.39, 0.29) is 17.8 Å². The van der Waals surface area contributed by atoms with E-state index in [4.69, 9.17) is 5.73 Å². The van der Waals surface area contributed by atoms with Crippen molar-refractivity contribution in [3.05, 3.63) is 5.56 Å². The lowest BCUT2D eigenvalue weighted by atomic mass is 10.1. The number of carbonyl (C=O) groups is 1. The fraction of sp³-hybridized carbons (Fsp3) is 0.667. The molecule has 0 aliphatic carbocycles. The van der Waals surface area contributed by atoms with E-state index in [0.29, 0.717) is 17.1 Å². The molecule has 0 fully saturated rings. The standard InChI is InChI=1S/C12H22N4O2S/c1-7(2)14-10(17)8-9(13)15-19-11(8)16(5)6-12(3,4)18/h7,18H,6H2,1-5H3,(H2,13,15)(H,14,17).